The minimum atomic E-state index is -0.875. The van der Waals surface area contributed by atoms with Gasteiger partial charge in [-0.1, -0.05) is 25.1 Å². The smallest absolute Gasteiger partial charge is 0.304 e. The second-order valence-corrected chi connectivity index (χ2v) is 4.77. The summed E-state index contributed by atoms with van der Waals surface area (Å²) < 4.78 is 0. The lowest BCUT2D eigenvalue weighted by atomic mass is 10.1. The van der Waals surface area contributed by atoms with Gasteiger partial charge in [0.1, 0.15) is 0 Å². The summed E-state index contributed by atoms with van der Waals surface area (Å²) in [5, 5.41) is 11.5. The molecule has 0 atom stereocenters. The highest BCUT2D eigenvalue weighted by molar-refractivity contribution is 5.92. The summed E-state index contributed by atoms with van der Waals surface area (Å²) in [6.07, 6.45) is 2.62. The Morgan fingerprint density at radius 2 is 2.00 bits per heavy atom. The SMILES string of the molecule is C=CCN(CCC(=O)O)CC(=O)Nc1ccc(CC)cc1. The number of aliphatic carboxylic acids is 1. The first kappa shape index (κ1) is 16.9. The molecule has 0 bridgehead atoms. The molecule has 1 aromatic carbocycles. The van der Waals surface area contributed by atoms with Gasteiger partial charge in [0.15, 0.2) is 0 Å². The summed E-state index contributed by atoms with van der Waals surface area (Å²) >= 11 is 0. The van der Waals surface area contributed by atoms with Crippen LogP contribution in [0.1, 0.15) is 18.9 Å². The van der Waals surface area contributed by atoms with Crippen molar-refractivity contribution in [1.82, 2.24) is 4.90 Å². The minimum absolute atomic E-state index is 0.00627. The average Bonchev–Trinajstić information content (AvgIpc) is 2.45. The van der Waals surface area contributed by atoms with Crippen LogP contribution in [0.5, 0.6) is 0 Å². The highest BCUT2D eigenvalue weighted by atomic mass is 16.4. The molecule has 0 aliphatic heterocycles. The number of hydrogen-bond acceptors (Lipinski definition) is 3. The zero-order chi connectivity index (χ0) is 15.7. The van der Waals surface area contributed by atoms with Crippen LogP contribution in [-0.4, -0.2) is 41.5 Å². The standard InChI is InChI=1S/C16H22N2O3/c1-3-10-18(11-9-16(20)21)12-15(19)17-14-7-5-13(4-2)6-8-14/h3,5-8H,1,4,9-12H2,2H3,(H,17,19)(H,20,21). The van der Waals surface area contributed by atoms with Crippen molar-refractivity contribution in [3.8, 4) is 0 Å². The molecule has 21 heavy (non-hydrogen) atoms. The molecule has 0 saturated heterocycles. The third-order valence-electron chi connectivity index (χ3n) is 3.04. The fourth-order valence-corrected chi connectivity index (χ4v) is 1.90. The fraction of sp³-hybridized carbons (Fsp3) is 0.375. The Morgan fingerprint density at radius 3 is 2.52 bits per heavy atom. The van der Waals surface area contributed by atoms with E-state index in [2.05, 4.69) is 18.8 Å². The third-order valence-corrected chi connectivity index (χ3v) is 3.04. The van der Waals surface area contributed by atoms with Gasteiger partial charge in [0.2, 0.25) is 5.91 Å². The highest BCUT2D eigenvalue weighted by Gasteiger charge is 2.11. The van der Waals surface area contributed by atoms with Crippen LogP contribution in [0.3, 0.4) is 0 Å². The van der Waals surface area contributed by atoms with E-state index in [-0.39, 0.29) is 18.9 Å². The molecular formula is C16H22N2O3. The van der Waals surface area contributed by atoms with Crippen molar-refractivity contribution in [2.45, 2.75) is 19.8 Å². The van der Waals surface area contributed by atoms with Crippen LogP contribution >= 0.6 is 0 Å². The van der Waals surface area contributed by atoms with Gasteiger partial charge in [-0.05, 0) is 24.1 Å². The van der Waals surface area contributed by atoms with E-state index in [1.54, 1.807) is 11.0 Å². The number of benzene rings is 1. The van der Waals surface area contributed by atoms with E-state index in [1.807, 2.05) is 24.3 Å². The Bertz CT molecular complexity index is 483. The Kier molecular flexibility index (Phi) is 7.18. The van der Waals surface area contributed by atoms with Gasteiger partial charge >= 0.3 is 5.97 Å². The summed E-state index contributed by atoms with van der Waals surface area (Å²) in [5.41, 5.74) is 1.96. The van der Waals surface area contributed by atoms with Crippen LogP contribution in [0.4, 0.5) is 5.69 Å². The zero-order valence-electron chi connectivity index (χ0n) is 12.3. The molecule has 0 saturated carbocycles. The molecule has 114 valence electrons. The molecule has 0 aromatic heterocycles. The van der Waals surface area contributed by atoms with Gasteiger partial charge in [-0.2, -0.15) is 0 Å². The maximum Gasteiger partial charge on any atom is 0.304 e. The molecule has 0 fully saturated rings. The first-order valence-electron chi connectivity index (χ1n) is 6.99. The van der Waals surface area contributed by atoms with E-state index in [0.29, 0.717) is 13.1 Å². The number of carboxylic acids is 1. The van der Waals surface area contributed by atoms with Crippen molar-refractivity contribution < 1.29 is 14.7 Å². The quantitative estimate of drug-likeness (QED) is 0.684. The van der Waals surface area contributed by atoms with Crippen molar-refractivity contribution in [3.63, 3.8) is 0 Å². The Morgan fingerprint density at radius 1 is 1.33 bits per heavy atom. The van der Waals surface area contributed by atoms with Gasteiger partial charge in [0, 0.05) is 18.8 Å². The second kappa shape index (κ2) is 8.92. The summed E-state index contributed by atoms with van der Waals surface area (Å²) in [5.74, 6) is -1.04. The molecule has 0 heterocycles. The molecule has 0 aliphatic rings. The van der Waals surface area contributed by atoms with E-state index in [1.165, 1.54) is 5.56 Å². The number of nitrogens with one attached hydrogen (secondary N) is 1. The number of aryl methyl sites for hydroxylation is 1. The van der Waals surface area contributed by atoms with Gasteiger partial charge in [0.25, 0.3) is 0 Å². The van der Waals surface area contributed by atoms with E-state index in [4.69, 9.17) is 5.11 Å². The molecule has 1 aromatic rings. The number of hydrogen-bond donors (Lipinski definition) is 2. The molecule has 0 radical (unpaired) electrons. The Hall–Kier alpha value is -2.14. The van der Waals surface area contributed by atoms with Crippen molar-refractivity contribution in [2.75, 3.05) is 25.0 Å². The minimum Gasteiger partial charge on any atom is -0.481 e. The van der Waals surface area contributed by atoms with Crippen LogP contribution in [0, 0.1) is 0 Å². The van der Waals surface area contributed by atoms with Crippen LogP contribution in [-0.2, 0) is 16.0 Å². The highest BCUT2D eigenvalue weighted by Crippen LogP contribution is 2.10. The summed E-state index contributed by atoms with van der Waals surface area (Å²) in [4.78, 5) is 24.3. The Labute approximate surface area is 125 Å². The van der Waals surface area contributed by atoms with E-state index >= 15 is 0 Å². The number of carbonyl (C=O) groups is 2. The number of carbonyl (C=O) groups excluding carboxylic acids is 1. The molecule has 0 unspecified atom stereocenters. The molecule has 5 nitrogen and oxygen atoms in total. The van der Waals surface area contributed by atoms with Crippen molar-refractivity contribution >= 4 is 17.6 Å². The molecule has 0 spiro atoms. The maximum atomic E-state index is 12.0. The van der Waals surface area contributed by atoms with Gasteiger partial charge in [-0.3, -0.25) is 14.5 Å². The van der Waals surface area contributed by atoms with Crippen LogP contribution in [0.2, 0.25) is 0 Å². The topological polar surface area (TPSA) is 69.6 Å². The number of amides is 1. The molecular weight excluding hydrogens is 268 g/mol. The predicted octanol–water partition coefficient (Wildman–Crippen LogP) is 2.15. The largest absolute Gasteiger partial charge is 0.481 e. The summed E-state index contributed by atoms with van der Waals surface area (Å²) in [6.45, 7) is 6.64. The molecule has 1 amide bonds. The van der Waals surface area contributed by atoms with Crippen LogP contribution < -0.4 is 5.32 Å². The van der Waals surface area contributed by atoms with E-state index < -0.39 is 5.97 Å². The first-order chi connectivity index (χ1) is 10.0. The Balaban J connectivity index is 2.51. The van der Waals surface area contributed by atoms with Crippen molar-refractivity contribution in [3.05, 3.63) is 42.5 Å². The molecule has 2 N–H and O–H groups in total. The second-order valence-electron chi connectivity index (χ2n) is 4.77. The predicted molar refractivity (Wildman–Crippen MR) is 83.3 cm³/mol. The van der Waals surface area contributed by atoms with Gasteiger partial charge < -0.3 is 10.4 Å². The molecule has 1 rings (SSSR count). The van der Waals surface area contributed by atoms with Crippen molar-refractivity contribution in [1.29, 1.82) is 0 Å². The van der Waals surface area contributed by atoms with E-state index in [0.717, 1.165) is 12.1 Å². The zero-order valence-corrected chi connectivity index (χ0v) is 12.3. The summed E-state index contributed by atoms with van der Waals surface area (Å²) in [6, 6.07) is 7.68. The number of anilines is 1. The first-order valence-corrected chi connectivity index (χ1v) is 6.99. The monoisotopic (exact) mass is 290 g/mol. The summed E-state index contributed by atoms with van der Waals surface area (Å²) in [7, 11) is 0. The van der Waals surface area contributed by atoms with Crippen LogP contribution in [0.25, 0.3) is 0 Å². The third kappa shape index (κ3) is 6.72. The van der Waals surface area contributed by atoms with Crippen molar-refractivity contribution in [2.24, 2.45) is 0 Å². The lowest BCUT2D eigenvalue weighted by Crippen LogP contribution is -2.34. The lowest BCUT2D eigenvalue weighted by Gasteiger charge is -2.19. The lowest BCUT2D eigenvalue weighted by molar-refractivity contribution is -0.137. The molecule has 5 heteroatoms. The normalized spacial score (nSPS) is 10.4. The number of carboxylic acid groups (broad SMARTS) is 1. The average molecular weight is 290 g/mol. The number of nitrogens with zero attached hydrogens (tertiary/aromatic N) is 1. The van der Waals surface area contributed by atoms with Gasteiger partial charge in [0.05, 0.1) is 13.0 Å². The molecule has 0 aliphatic carbocycles. The van der Waals surface area contributed by atoms with Gasteiger partial charge in [-0.25, -0.2) is 0 Å². The van der Waals surface area contributed by atoms with Gasteiger partial charge in [-0.15, -0.1) is 6.58 Å². The number of rotatable bonds is 9. The fourth-order valence-electron chi connectivity index (χ4n) is 1.90. The maximum absolute atomic E-state index is 12.0. The van der Waals surface area contributed by atoms with Crippen LogP contribution in [0.15, 0.2) is 36.9 Å². The van der Waals surface area contributed by atoms with E-state index in [9.17, 15) is 9.59 Å².